The van der Waals surface area contributed by atoms with Gasteiger partial charge in [-0.2, -0.15) is 0 Å². The first kappa shape index (κ1) is 16.8. The number of hydrogen-bond acceptors (Lipinski definition) is 2. The van der Waals surface area contributed by atoms with E-state index in [4.69, 9.17) is 0 Å². The van der Waals surface area contributed by atoms with Gasteiger partial charge in [0.05, 0.1) is 0 Å². The molecule has 1 aromatic rings. The summed E-state index contributed by atoms with van der Waals surface area (Å²) in [6.45, 7) is 8.43. The van der Waals surface area contributed by atoms with Crippen molar-refractivity contribution in [2.24, 2.45) is 4.99 Å². The Labute approximate surface area is 126 Å². The van der Waals surface area contributed by atoms with Gasteiger partial charge in [0.2, 0.25) is 0 Å². The van der Waals surface area contributed by atoms with E-state index in [1.54, 1.807) is 18.2 Å². The van der Waals surface area contributed by atoms with Crippen LogP contribution in [0.4, 0.5) is 0 Å². The fourth-order valence-electron chi connectivity index (χ4n) is 1.67. The summed E-state index contributed by atoms with van der Waals surface area (Å²) in [5.74, 6) is 0.725. The molecule has 114 valence electrons. The zero-order chi connectivity index (χ0) is 15.3. The van der Waals surface area contributed by atoms with Crippen LogP contribution in [0.3, 0.4) is 0 Å². The topological polar surface area (TPSA) is 65.5 Å². The average Bonchev–Trinajstić information content (AvgIpc) is 2.52. The van der Waals surface area contributed by atoms with Gasteiger partial charge < -0.3 is 16.0 Å². The lowest BCUT2D eigenvalue weighted by atomic mass is 10.2. The number of hydrogen-bond donors (Lipinski definition) is 3. The van der Waals surface area contributed by atoms with E-state index in [0.29, 0.717) is 25.2 Å². The predicted octanol–water partition coefficient (Wildman–Crippen LogP) is 1.55. The minimum atomic E-state index is -0.0451. The van der Waals surface area contributed by atoms with Crippen LogP contribution in [0.1, 0.15) is 23.7 Å². The van der Waals surface area contributed by atoms with Crippen molar-refractivity contribution in [3.05, 3.63) is 48.6 Å². The number of guanidine groups is 1. The monoisotopic (exact) mass is 288 g/mol. The number of aliphatic imine (C=N–C) groups is 1. The van der Waals surface area contributed by atoms with Crippen molar-refractivity contribution in [1.29, 1.82) is 0 Å². The molecule has 0 bridgehead atoms. The molecule has 5 nitrogen and oxygen atoms in total. The number of nitrogens with one attached hydrogen (secondary N) is 3. The largest absolute Gasteiger partial charge is 0.357 e. The average molecular weight is 288 g/mol. The Balaban J connectivity index is 2.26. The number of rotatable bonds is 8. The summed E-state index contributed by atoms with van der Waals surface area (Å²) in [6.07, 6.45) is 2.58. The lowest BCUT2D eigenvalue weighted by Gasteiger charge is -2.09. The molecule has 0 fully saturated rings. The Hall–Kier alpha value is -2.30. The fraction of sp³-hybridized carbons (Fsp3) is 0.375. The molecule has 21 heavy (non-hydrogen) atoms. The number of carbonyl (C=O) groups excluding carboxylic acids is 1. The molecule has 0 heterocycles. The Morgan fingerprint density at radius 1 is 1.24 bits per heavy atom. The normalized spacial score (nSPS) is 10.8. The van der Waals surface area contributed by atoms with Crippen molar-refractivity contribution >= 4 is 11.9 Å². The summed E-state index contributed by atoms with van der Waals surface area (Å²) in [5.41, 5.74) is 0.682. The summed E-state index contributed by atoms with van der Waals surface area (Å²) in [4.78, 5) is 16.2. The molecule has 0 saturated carbocycles. The molecule has 0 aliphatic heterocycles. The second-order valence-electron chi connectivity index (χ2n) is 4.41. The van der Waals surface area contributed by atoms with Crippen LogP contribution in [0.2, 0.25) is 0 Å². The number of nitrogens with zero attached hydrogens (tertiary/aromatic N) is 1. The lowest BCUT2D eigenvalue weighted by molar-refractivity contribution is 0.0953. The predicted molar refractivity (Wildman–Crippen MR) is 87.6 cm³/mol. The van der Waals surface area contributed by atoms with Crippen LogP contribution in [-0.2, 0) is 0 Å². The van der Waals surface area contributed by atoms with Crippen molar-refractivity contribution in [3.63, 3.8) is 0 Å². The summed E-state index contributed by atoms with van der Waals surface area (Å²) in [6, 6.07) is 9.20. The van der Waals surface area contributed by atoms with E-state index in [0.717, 1.165) is 18.9 Å². The van der Waals surface area contributed by atoms with E-state index in [1.807, 2.05) is 25.1 Å². The van der Waals surface area contributed by atoms with E-state index in [2.05, 4.69) is 27.5 Å². The lowest BCUT2D eigenvalue weighted by Crippen LogP contribution is -2.37. The van der Waals surface area contributed by atoms with Gasteiger partial charge >= 0.3 is 0 Å². The number of carbonyl (C=O) groups is 1. The third kappa shape index (κ3) is 7.15. The fourth-order valence-corrected chi connectivity index (χ4v) is 1.67. The van der Waals surface area contributed by atoms with Crippen molar-refractivity contribution in [2.45, 2.75) is 13.3 Å². The summed E-state index contributed by atoms with van der Waals surface area (Å²) in [7, 11) is 0. The molecule has 1 amide bonds. The highest BCUT2D eigenvalue weighted by Crippen LogP contribution is 1.97. The van der Waals surface area contributed by atoms with Crippen LogP contribution in [0.5, 0.6) is 0 Å². The molecule has 0 aromatic heterocycles. The van der Waals surface area contributed by atoms with Gasteiger partial charge in [-0.1, -0.05) is 24.3 Å². The molecule has 0 radical (unpaired) electrons. The van der Waals surface area contributed by atoms with Gasteiger partial charge in [0, 0.05) is 31.7 Å². The molecule has 0 atom stereocenters. The summed E-state index contributed by atoms with van der Waals surface area (Å²) >= 11 is 0. The summed E-state index contributed by atoms with van der Waals surface area (Å²) in [5, 5.41) is 9.16. The molecule has 0 spiro atoms. The SMILES string of the molecule is C=CCNC(=NCCCNC(=O)c1ccccc1)NCC. The second-order valence-corrected chi connectivity index (χ2v) is 4.41. The standard InChI is InChI=1S/C16H24N4O/c1-3-11-19-16(17-4-2)20-13-8-12-18-15(21)14-9-6-5-7-10-14/h3,5-7,9-10H,1,4,8,11-13H2,2H3,(H,18,21)(H2,17,19,20). The molecular weight excluding hydrogens is 264 g/mol. The van der Waals surface area contributed by atoms with Gasteiger partial charge in [0.25, 0.3) is 5.91 Å². The minimum Gasteiger partial charge on any atom is -0.357 e. The molecule has 1 rings (SSSR count). The highest BCUT2D eigenvalue weighted by Gasteiger charge is 2.02. The molecule has 1 aromatic carbocycles. The highest BCUT2D eigenvalue weighted by atomic mass is 16.1. The molecule has 0 aliphatic rings. The second kappa shape index (κ2) is 10.5. The third-order valence-corrected chi connectivity index (χ3v) is 2.68. The molecule has 0 saturated heterocycles. The Kier molecular flexibility index (Phi) is 8.36. The first-order valence-corrected chi connectivity index (χ1v) is 7.24. The molecule has 0 aliphatic carbocycles. The van der Waals surface area contributed by atoms with E-state index in [1.165, 1.54) is 0 Å². The van der Waals surface area contributed by atoms with Gasteiger partial charge in [-0.3, -0.25) is 9.79 Å². The zero-order valence-electron chi connectivity index (χ0n) is 12.6. The number of amides is 1. The van der Waals surface area contributed by atoms with Crippen LogP contribution in [0.25, 0.3) is 0 Å². The van der Waals surface area contributed by atoms with Gasteiger partial charge in [-0.25, -0.2) is 0 Å². The molecule has 5 heteroatoms. The maximum Gasteiger partial charge on any atom is 0.251 e. The quantitative estimate of drug-likeness (QED) is 0.294. The molecule has 3 N–H and O–H groups in total. The third-order valence-electron chi connectivity index (χ3n) is 2.68. The minimum absolute atomic E-state index is 0.0451. The van der Waals surface area contributed by atoms with Crippen molar-refractivity contribution in [1.82, 2.24) is 16.0 Å². The van der Waals surface area contributed by atoms with Crippen molar-refractivity contribution < 1.29 is 4.79 Å². The van der Waals surface area contributed by atoms with Gasteiger partial charge in [0.15, 0.2) is 5.96 Å². The van der Waals surface area contributed by atoms with Crippen LogP contribution >= 0.6 is 0 Å². The smallest absolute Gasteiger partial charge is 0.251 e. The van der Waals surface area contributed by atoms with E-state index in [-0.39, 0.29) is 5.91 Å². The van der Waals surface area contributed by atoms with E-state index in [9.17, 15) is 4.79 Å². The maximum atomic E-state index is 11.8. The van der Waals surface area contributed by atoms with Crippen LogP contribution in [-0.4, -0.2) is 38.0 Å². The molecule has 0 unspecified atom stereocenters. The Morgan fingerprint density at radius 3 is 2.67 bits per heavy atom. The van der Waals surface area contributed by atoms with E-state index >= 15 is 0 Å². The van der Waals surface area contributed by atoms with Crippen molar-refractivity contribution in [2.75, 3.05) is 26.2 Å². The van der Waals surface area contributed by atoms with E-state index < -0.39 is 0 Å². The van der Waals surface area contributed by atoms with Gasteiger partial charge in [-0.05, 0) is 25.5 Å². The number of benzene rings is 1. The first-order valence-electron chi connectivity index (χ1n) is 7.24. The van der Waals surface area contributed by atoms with Gasteiger partial charge in [0.1, 0.15) is 0 Å². The van der Waals surface area contributed by atoms with Gasteiger partial charge in [-0.15, -0.1) is 6.58 Å². The zero-order valence-corrected chi connectivity index (χ0v) is 12.6. The first-order chi connectivity index (χ1) is 10.3. The Morgan fingerprint density at radius 2 is 2.00 bits per heavy atom. The molecular formula is C16H24N4O. The van der Waals surface area contributed by atoms with Crippen molar-refractivity contribution in [3.8, 4) is 0 Å². The van der Waals surface area contributed by atoms with Crippen LogP contribution < -0.4 is 16.0 Å². The summed E-state index contributed by atoms with van der Waals surface area (Å²) < 4.78 is 0. The van der Waals surface area contributed by atoms with Crippen LogP contribution in [0.15, 0.2) is 48.0 Å². The highest BCUT2D eigenvalue weighted by molar-refractivity contribution is 5.94. The Bertz CT molecular complexity index is 457. The maximum absolute atomic E-state index is 11.8. The van der Waals surface area contributed by atoms with Crippen LogP contribution in [0, 0.1) is 0 Å².